The van der Waals surface area contributed by atoms with E-state index in [1.165, 1.54) is 47.7 Å². The first kappa shape index (κ1) is 21.7. The molecule has 6 nitrogen and oxygen atoms in total. The van der Waals surface area contributed by atoms with E-state index in [-0.39, 0.29) is 10.6 Å². The van der Waals surface area contributed by atoms with Gasteiger partial charge in [0.2, 0.25) is 0 Å². The van der Waals surface area contributed by atoms with Gasteiger partial charge in [-0.3, -0.25) is 9.52 Å². The van der Waals surface area contributed by atoms with Crippen LogP contribution in [-0.2, 0) is 16.6 Å². The number of hydrogen-bond donors (Lipinski definition) is 1. The van der Waals surface area contributed by atoms with Crippen LogP contribution in [0.15, 0.2) is 95.3 Å². The maximum atomic E-state index is 13.0. The summed E-state index contributed by atoms with van der Waals surface area (Å²) in [6, 6.07) is 18.2. The number of para-hydroxylation sites is 1. The van der Waals surface area contributed by atoms with Crippen LogP contribution in [0, 0.1) is 5.82 Å². The Hall–Kier alpha value is -3.56. The van der Waals surface area contributed by atoms with E-state index >= 15 is 0 Å². The molecule has 0 saturated carbocycles. The van der Waals surface area contributed by atoms with E-state index in [1.807, 2.05) is 28.8 Å². The maximum absolute atomic E-state index is 13.0. The molecular formula is C23H18FN3O3S2. The molecule has 3 aromatic carbocycles. The molecule has 4 aromatic rings. The number of halogens is 1. The average molecular weight is 468 g/mol. The van der Waals surface area contributed by atoms with Gasteiger partial charge < -0.3 is 4.57 Å². The van der Waals surface area contributed by atoms with Crippen molar-refractivity contribution in [2.45, 2.75) is 11.4 Å². The fourth-order valence-corrected chi connectivity index (χ4v) is 5.17. The Bertz CT molecular complexity index is 1470. The van der Waals surface area contributed by atoms with Gasteiger partial charge in [0.05, 0.1) is 15.1 Å². The summed E-state index contributed by atoms with van der Waals surface area (Å²) in [6.45, 7) is 4.28. The van der Waals surface area contributed by atoms with Gasteiger partial charge in [0.1, 0.15) is 5.82 Å². The lowest BCUT2D eigenvalue weighted by molar-refractivity contribution is 0.0998. The van der Waals surface area contributed by atoms with Crippen LogP contribution in [-0.4, -0.2) is 18.9 Å². The molecule has 0 saturated heterocycles. The van der Waals surface area contributed by atoms with Gasteiger partial charge in [-0.1, -0.05) is 29.5 Å². The van der Waals surface area contributed by atoms with Gasteiger partial charge in [-0.25, -0.2) is 12.8 Å². The van der Waals surface area contributed by atoms with Crippen LogP contribution in [0.1, 0.15) is 10.4 Å². The van der Waals surface area contributed by atoms with Gasteiger partial charge in [0, 0.05) is 17.8 Å². The van der Waals surface area contributed by atoms with Crippen LogP contribution in [0.25, 0.3) is 10.2 Å². The second-order valence-electron chi connectivity index (χ2n) is 6.81. The number of anilines is 1. The molecule has 0 bridgehead atoms. The van der Waals surface area contributed by atoms with Crippen LogP contribution in [0.5, 0.6) is 0 Å². The van der Waals surface area contributed by atoms with E-state index in [0.29, 0.717) is 16.9 Å². The molecule has 32 heavy (non-hydrogen) atoms. The predicted molar refractivity (Wildman–Crippen MR) is 124 cm³/mol. The number of rotatable bonds is 6. The molecule has 1 N–H and O–H groups in total. The summed E-state index contributed by atoms with van der Waals surface area (Å²) in [4.78, 5) is 17.5. The van der Waals surface area contributed by atoms with Crippen molar-refractivity contribution in [2.75, 3.05) is 4.72 Å². The number of allylic oxidation sites excluding steroid dienone is 1. The fraction of sp³-hybridized carbons (Fsp3) is 0.0435. The van der Waals surface area contributed by atoms with Crippen LogP contribution in [0.4, 0.5) is 10.1 Å². The Morgan fingerprint density at radius 3 is 2.44 bits per heavy atom. The molecule has 162 valence electrons. The van der Waals surface area contributed by atoms with Crippen LogP contribution >= 0.6 is 11.3 Å². The number of thiazole rings is 1. The summed E-state index contributed by atoms with van der Waals surface area (Å²) < 4.78 is 43.2. The number of benzene rings is 3. The lowest BCUT2D eigenvalue weighted by atomic mass is 10.2. The highest BCUT2D eigenvalue weighted by Crippen LogP contribution is 2.19. The van der Waals surface area contributed by atoms with Crippen molar-refractivity contribution in [1.82, 2.24) is 4.57 Å². The molecule has 0 spiro atoms. The number of sulfonamides is 1. The Balaban J connectivity index is 1.59. The Morgan fingerprint density at radius 2 is 1.75 bits per heavy atom. The minimum atomic E-state index is -3.87. The summed E-state index contributed by atoms with van der Waals surface area (Å²) in [5, 5.41) is 0. The van der Waals surface area contributed by atoms with Gasteiger partial charge in [0.25, 0.3) is 15.9 Å². The second kappa shape index (κ2) is 8.89. The van der Waals surface area contributed by atoms with Crippen molar-refractivity contribution < 1.29 is 17.6 Å². The van der Waals surface area contributed by atoms with Crippen LogP contribution < -0.4 is 9.52 Å². The molecule has 1 amide bonds. The number of amides is 1. The number of hydrogen-bond acceptors (Lipinski definition) is 4. The Kier molecular flexibility index (Phi) is 6.02. The first-order chi connectivity index (χ1) is 15.4. The molecule has 9 heteroatoms. The van der Waals surface area contributed by atoms with Crippen molar-refractivity contribution in [1.29, 1.82) is 0 Å². The third kappa shape index (κ3) is 4.53. The second-order valence-corrected chi connectivity index (χ2v) is 9.50. The summed E-state index contributed by atoms with van der Waals surface area (Å²) in [7, 11) is -3.87. The summed E-state index contributed by atoms with van der Waals surface area (Å²) in [6.07, 6.45) is 1.74. The number of fused-ring (bicyclic) bond motifs is 1. The minimum absolute atomic E-state index is 0.0643. The van der Waals surface area contributed by atoms with Crippen LogP contribution in [0.2, 0.25) is 0 Å². The Labute approximate surface area is 188 Å². The molecule has 0 fully saturated rings. The first-order valence-electron chi connectivity index (χ1n) is 9.54. The van der Waals surface area contributed by atoms with Crippen molar-refractivity contribution >= 4 is 43.2 Å². The average Bonchev–Trinajstić information content (AvgIpc) is 3.11. The van der Waals surface area contributed by atoms with Gasteiger partial charge in [0.15, 0.2) is 4.80 Å². The predicted octanol–water partition coefficient (Wildman–Crippen LogP) is 4.57. The molecular weight excluding hydrogens is 449 g/mol. The van der Waals surface area contributed by atoms with E-state index in [4.69, 9.17) is 0 Å². The standard InChI is InChI=1S/C23H18FN3O3S2/c1-2-15-27-20-5-3-4-6-21(20)31-23(27)25-22(28)16-7-11-18(12-8-16)26-32(29,30)19-13-9-17(24)10-14-19/h2-14,26H,1,15H2. The molecule has 0 atom stereocenters. The van der Waals surface area contributed by atoms with E-state index < -0.39 is 21.7 Å². The molecule has 0 unspecified atom stereocenters. The fourth-order valence-electron chi connectivity index (χ4n) is 3.07. The lowest BCUT2D eigenvalue weighted by Gasteiger charge is -2.08. The third-order valence-electron chi connectivity index (χ3n) is 4.61. The monoisotopic (exact) mass is 467 g/mol. The first-order valence-corrected chi connectivity index (χ1v) is 11.8. The van der Waals surface area contributed by atoms with Gasteiger partial charge in [-0.15, -0.1) is 6.58 Å². The number of nitrogens with one attached hydrogen (secondary N) is 1. The summed E-state index contributed by atoms with van der Waals surface area (Å²) >= 11 is 1.41. The number of nitrogens with zero attached hydrogens (tertiary/aromatic N) is 2. The van der Waals surface area contributed by atoms with Crippen molar-refractivity contribution in [3.05, 3.63) is 102 Å². The largest absolute Gasteiger partial charge is 0.312 e. The van der Waals surface area contributed by atoms with Crippen molar-refractivity contribution in [3.8, 4) is 0 Å². The molecule has 1 aromatic heterocycles. The molecule has 1 heterocycles. The van der Waals surface area contributed by atoms with E-state index in [1.54, 1.807) is 6.08 Å². The minimum Gasteiger partial charge on any atom is -0.312 e. The van der Waals surface area contributed by atoms with Crippen molar-refractivity contribution in [3.63, 3.8) is 0 Å². The zero-order valence-corrected chi connectivity index (χ0v) is 18.4. The van der Waals surface area contributed by atoms with E-state index in [9.17, 15) is 17.6 Å². The summed E-state index contributed by atoms with van der Waals surface area (Å²) in [5.74, 6) is -0.967. The normalized spacial score (nSPS) is 12.1. The quantitative estimate of drug-likeness (QED) is 0.422. The van der Waals surface area contributed by atoms with E-state index in [0.717, 1.165) is 22.3 Å². The summed E-state index contributed by atoms with van der Waals surface area (Å²) in [5.41, 5.74) is 1.56. The zero-order valence-electron chi connectivity index (χ0n) is 16.7. The highest BCUT2D eigenvalue weighted by molar-refractivity contribution is 7.92. The molecule has 0 aliphatic carbocycles. The maximum Gasteiger partial charge on any atom is 0.279 e. The van der Waals surface area contributed by atoms with Gasteiger partial charge in [-0.05, 0) is 60.7 Å². The van der Waals surface area contributed by atoms with Gasteiger partial charge >= 0.3 is 0 Å². The number of carbonyl (C=O) groups is 1. The molecule has 0 radical (unpaired) electrons. The number of aromatic nitrogens is 1. The third-order valence-corrected chi connectivity index (χ3v) is 7.06. The molecule has 0 aliphatic heterocycles. The zero-order chi connectivity index (χ0) is 22.7. The Morgan fingerprint density at radius 1 is 1.06 bits per heavy atom. The van der Waals surface area contributed by atoms with E-state index in [2.05, 4.69) is 16.3 Å². The SMILES string of the molecule is C=CCn1c(=NC(=O)c2ccc(NS(=O)(=O)c3ccc(F)cc3)cc2)sc2ccccc21. The number of carbonyl (C=O) groups excluding carboxylic acids is 1. The van der Waals surface area contributed by atoms with Crippen LogP contribution in [0.3, 0.4) is 0 Å². The lowest BCUT2D eigenvalue weighted by Crippen LogP contribution is -2.16. The topological polar surface area (TPSA) is 80.5 Å². The molecule has 4 rings (SSSR count). The highest BCUT2D eigenvalue weighted by Gasteiger charge is 2.15. The van der Waals surface area contributed by atoms with Crippen molar-refractivity contribution in [2.24, 2.45) is 4.99 Å². The highest BCUT2D eigenvalue weighted by atomic mass is 32.2. The van der Waals surface area contributed by atoms with Gasteiger partial charge in [-0.2, -0.15) is 4.99 Å². The smallest absolute Gasteiger partial charge is 0.279 e. The molecule has 0 aliphatic rings.